The zero-order valence-electron chi connectivity index (χ0n) is 14.5. The van der Waals surface area contributed by atoms with Gasteiger partial charge in [-0.1, -0.05) is 72.2 Å². The summed E-state index contributed by atoms with van der Waals surface area (Å²) in [6.45, 7) is 6.15. The van der Waals surface area contributed by atoms with Gasteiger partial charge in [0, 0.05) is 12.5 Å². The monoisotopic (exact) mass is 323 g/mol. The highest BCUT2D eigenvalue weighted by Gasteiger charge is 2.10. The first-order chi connectivity index (χ1) is 11.6. The standard InChI is InChI=1S/C20H25N3O/c1-4-19(17-8-6-5-7-9-17)22-21-16(3)14-20(23-24)18-12-10-15(2)11-13-18/h5-13,16,21,24H,4,14H2,1-3H3/b22-19-,23-20+. The van der Waals surface area contributed by atoms with Crippen LogP contribution in [0.25, 0.3) is 0 Å². The normalized spacial score (nSPS) is 13.6. The molecule has 2 aromatic rings. The van der Waals surface area contributed by atoms with E-state index in [0.717, 1.165) is 23.3 Å². The Balaban J connectivity index is 2.02. The number of oxime groups is 1. The fraction of sp³-hybridized carbons (Fsp3) is 0.300. The van der Waals surface area contributed by atoms with Crippen molar-refractivity contribution >= 4 is 11.4 Å². The van der Waals surface area contributed by atoms with Gasteiger partial charge in [0.15, 0.2) is 0 Å². The van der Waals surface area contributed by atoms with Crippen LogP contribution < -0.4 is 5.43 Å². The van der Waals surface area contributed by atoms with E-state index in [1.807, 2.05) is 56.3 Å². The molecule has 2 rings (SSSR count). The quantitative estimate of drug-likeness (QED) is 0.452. The topological polar surface area (TPSA) is 57.0 Å². The largest absolute Gasteiger partial charge is 0.411 e. The maximum atomic E-state index is 9.32. The number of aryl methyl sites for hydroxylation is 1. The highest BCUT2D eigenvalue weighted by Crippen LogP contribution is 2.10. The number of nitrogens with zero attached hydrogens (tertiary/aromatic N) is 2. The summed E-state index contributed by atoms with van der Waals surface area (Å²) in [4.78, 5) is 0. The highest BCUT2D eigenvalue weighted by molar-refractivity contribution is 6.01. The smallest absolute Gasteiger partial charge is 0.0888 e. The van der Waals surface area contributed by atoms with Crippen LogP contribution in [0.5, 0.6) is 0 Å². The van der Waals surface area contributed by atoms with E-state index in [2.05, 4.69) is 34.7 Å². The molecule has 0 heterocycles. The third-order valence-electron chi connectivity index (χ3n) is 3.87. The molecule has 0 aliphatic heterocycles. The fourth-order valence-corrected chi connectivity index (χ4v) is 2.46. The van der Waals surface area contributed by atoms with Crippen molar-refractivity contribution in [2.45, 2.75) is 39.7 Å². The first kappa shape index (κ1) is 17.7. The van der Waals surface area contributed by atoms with Crippen molar-refractivity contribution in [1.82, 2.24) is 5.43 Å². The summed E-state index contributed by atoms with van der Waals surface area (Å²) < 4.78 is 0. The maximum absolute atomic E-state index is 9.32. The lowest BCUT2D eigenvalue weighted by molar-refractivity contribution is 0.317. The summed E-state index contributed by atoms with van der Waals surface area (Å²) >= 11 is 0. The highest BCUT2D eigenvalue weighted by atomic mass is 16.4. The summed E-state index contributed by atoms with van der Waals surface area (Å²) in [5, 5.41) is 17.3. The number of hydrogen-bond donors (Lipinski definition) is 2. The Morgan fingerprint density at radius 3 is 2.21 bits per heavy atom. The van der Waals surface area contributed by atoms with Crippen molar-refractivity contribution in [2.75, 3.05) is 0 Å². The molecule has 1 unspecified atom stereocenters. The molecule has 0 fully saturated rings. The van der Waals surface area contributed by atoms with Gasteiger partial charge in [-0.25, -0.2) is 0 Å². The van der Waals surface area contributed by atoms with Gasteiger partial charge in [-0.3, -0.25) is 0 Å². The van der Waals surface area contributed by atoms with Gasteiger partial charge in [-0.15, -0.1) is 0 Å². The second kappa shape index (κ2) is 8.87. The summed E-state index contributed by atoms with van der Waals surface area (Å²) in [7, 11) is 0. The molecule has 2 N–H and O–H groups in total. The van der Waals surface area contributed by atoms with Gasteiger partial charge in [0.1, 0.15) is 0 Å². The molecule has 4 heteroatoms. The second-order valence-electron chi connectivity index (χ2n) is 5.93. The molecule has 0 saturated carbocycles. The van der Waals surface area contributed by atoms with Crippen molar-refractivity contribution in [2.24, 2.45) is 10.3 Å². The van der Waals surface area contributed by atoms with E-state index in [1.54, 1.807) is 0 Å². The van der Waals surface area contributed by atoms with E-state index in [1.165, 1.54) is 5.56 Å². The Kier molecular flexibility index (Phi) is 6.55. The van der Waals surface area contributed by atoms with Crippen LogP contribution in [0.15, 0.2) is 64.9 Å². The van der Waals surface area contributed by atoms with Crippen molar-refractivity contribution in [3.8, 4) is 0 Å². The molecule has 24 heavy (non-hydrogen) atoms. The predicted octanol–water partition coefficient (Wildman–Crippen LogP) is 4.36. The average molecular weight is 323 g/mol. The minimum atomic E-state index is 0.0578. The summed E-state index contributed by atoms with van der Waals surface area (Å²) in [5.74, 6) is 0. The van der Waals surface area contributed by atoms with Gasteiger partial charge in [-0.2, -0.15) is 5.10 Å². The van der Waals surface area contributed by atoms with Crippen LogP contribution in [-0.4, -0.2) is 22.7 Å². The van der Waals surface area contributed by atoms with Crippen LogP contribution in [0, 0.1) is 6.92 Å². The molecule has 2 aromatic carbocycles. The Morgan fingerprint density at radius 2 is 1.62 bits per heavy atom. The Labute approximate surface area is 143 Å². The molecule has 0 bridgehead atoms. The number of rotatable bonds is 7. The zero-order valence-corrected chi connectivity index (χ0v) is 14.5. The van der Waals surface area contributed by atoms with E-state index in [0.29, 0.717) is 12.1 Å². The van der Waals surface area contributed by atoms with Crippen LogP contribution in [0.2, 0.25) is 0 Å². The van der Waals surface area contributed by atoms with Crippen molar-refractivity contribution < 1.29 is 5.21 Å². The molecule has 1 atom stereocenters. The van der Waals surface area contributed by atoms with E-state index < -0.39 is 0 Å². The first-order valence-electron chi connectivity index (χ1n) is 8.29. The Bertz CT molecular complexity index is 691. The van der Waals surface area contributed by atoms with Gasteiger partial charge < -0.3 is 10.6 Å². The minimum Gasteiger partial charge on any atom is -0.411 e. The predicted molar refractivity (Wildman–Crippen MR) is 100.0 cm³/mol. The van der Waals surface area contributed by atoms with Crippen LogP contribution in [0.4, 0.5) is 0 Å². The number of hydrazone groups is 1. The molecule has 0 spiro atoms. The second-order valence-corrected chi connectivity index (χ2v) is 5.93. The lowest BCUT2D eigenvalue weighted by Gasteiger charge is -2.14. The molecule has 0 radical (unpaired) electrons. The lowest BCUT2D eigenvalue weighted by Crippen LogP contribution is -2.26. The summed E-state index contributed by atoms with van der Waals surface area (Å²) in [6, 6.07) is 18.2. The Hall–Kier alpha value is -2.62. The molecular weight excluding hydrogens is 298 g/mol. The molecule has 0 aliphatic carbocycles. The fourth-order valence-electron chi connectivity index (χ4n) is 2.46. The molecule has 0 amide bonds. The Morgan fingerprint density at radius 1 is 1.00 bits per heavy atom. The average Bonchev–Trinajstić information content (AvgIpc) is 2.62. The van der Waals surface area contributed by atoms with Crippen LogP contribution in [-0.2, 0) is 0 Å². The molecule has 4 nitrogen and oxygen atoms in total. The lowest BCUT2D eigenvalue weighted by atomic mass is 10.0. The van der Waals surface area contributed by atoms with Crippen molar-refractivity contribution in [1.29, 1.82) is 0 Å². The third kappa shape index (κ3) is 4.95. The molecular formula is C20H25N3O. The maximum Gasteiger partial charge on any atom is 0.0888 e. The van der Waals surface area contributed by atoms with Gasteiger partial charge in [0.25, 0.3) is 0 Å². The molecule has 0 saturated heterocycles. The van der Waals surface area contributed by atoms with E-state index in [4.69, 9.17) is 0 Å². The first-order valence-corrected chi connectivity index (χ1v) is 8.29. The zero-order chi connectivity index (χ0) is 17.4. The number of hydrogen-bond acceptors (Lipinski definition) is 4. The minimum absolute atomic E-state index is 0.0578. The van der Waals surface area contributed by atoms with Crippen LogP contribution in [0.1, 0.15) is 43.4 Å². The van der Waals surface area contributed by atoms with Crippen LogP contribution >= 0.6 is 0 Å². The molecule has 0 aromatic heterocycles. The summed E-state index contributed by atoms with van der Waals surface area (Å²) in [6.07, 6.45) is 1.44. The van der Waals surface area contributed by atoms with Gasteiger partial charge in [0.2, 0.25) is 0 Å². The van der Waals surface area contributed by atoms with Crippen molar-refractivity contribution in [3.05, 3.63) is 71.3 Å². The van der Waals surface area contributed by atoms with E-state index >= 15 is 0 Å². The SMILES string of the molecule is CC/C(=N/NC(C)C/C(=N\O)c1ccc(C)cc1)c1ccccc1. The molecule has 0 aliphatic rings. The number of nitrogens with one attached hydrogen (secondary N) is 1. The molecule has 126 valence electrons. The van der Waals surface area contributed by atoms with Gasteiger partial charge in [-0.05, 0) is 31.4 Å². The van der Waals surface area contributed by atoms with Crippen molar-refractivity contribution in [3.63, 3.8) is 0 Å². The van der Waals surface area contributed by atoms with E-state index in [-0.39, 0.29) is 6.04 Å². The van der Waals surface area contributed by atoms with Gasteiger partial charge in [0.05, 0.1) is 11.4 Å². The van der Waals surface area contributed by atoms with Crippen LogP contribution in [0.3, 0.4) is 0 Å². The third-order valence-corrected chi connectivity index (χ3v) is 3.87. The van der Waals surface area contributed by atoms with E-state index in [9.17, 15) is 5.21 Å². The summed E-state index contributed by atoms with van der Waals surface area (Å²) in [5.41, 5.74) is 8.08. The number of benzene rings is 2. The van der Waals surface area contributed by atoms with Gasteiger partial charge >= 0.3 is 0 Å².